The van der Waals surface area contributed by atoms with E-state index in [4.69, 9.17) is 16.7 Å². The minimum Gasteiger partial charge on any atom is -0.481 e. The van der Waals surface area contributed by atoms with Gasteiger partial charge < -0.3 is 10.1 Å². The van der Waals surface area contributed by atoms with Crippen LogP contribution in [0.3, 0.4) is 0 Å². The van der Waals surface area contributed by atoms with Gasteiger partial charge in [-0.05, 0) is 23.6 Å². The van der Waals surface area contributed by atoms with Gasteiger partial charge in [0.25, 0.3) is 0 Å². The van der Waals surface area contributed by atoms with Gasteiger partial charge in [0.05, 0.1) is 21.8 Å². The molecular formula is C17H11ClN2O2S2. The molecule has 7 heteroatoms. The molecule has 0 atom stereocenters. The fraction of sp³-hybridized carbons (Fsp3) is 0.0588. The monoisotopic (exact) mass is 374 g/mol. The highest BCUT2D eigenvalue weighted by Crippen LogP contribution is 2.39. The molecule has 120 valence electrons. The maximum atomic E-state index is 10.7. The molecule has 0 bridgehead atoms. The third kappa shape index (κ3) is 2.77. The largest absolute Gasteiger partial charge is 0.481 e. The fourth-order valence-electron chi connectivity index (χ4n) is 2.60. The molecule has 0 aliphatic rings. The zero-order valence-corrected chi connectivity index (χ0v) is 14.6. The Bertz CT molecular complexity index is 1070. The summed E-state index contributed by atoms with van der Waals surface area (Å²) < 4.78 is 1.21. The van der Waals surface area contributed by atoms with Crippen LogP contribution >= 0.6 is 34.7 Å². The highest BCUT2D eigenvalue weighted by molar-refractivity contribution is 7.99. The van der Waals surface area contributed by atoms with Crippen molar-refractivity contribution >= 4 is 61.8 Å². The van der Waals surface area contributed by atoms with Crippen LogP contribution in [0.25, 0.3) is 32.2 Å². The van der Waals surface area contributed by atoms with Gasteiger partial charge in [-0.1, -0.05) is 41.6 Å². The van der Waals surface area contributed by atoms with Crippen molar-refractivity contribution in [1.29, 1.82) is 0 Å². The third-order valence-electron chi connectivity index (χ3n) is 3.65. The second kappa shape index (κ2) is 6.12. The van der Waals surface area contributed by atoms with Gasteiger partial charge in [-0.25, -0.2) is 4.98 Å². The van der Waals surface area contributed by atoms with Gasteiger partial charge in [0.15, 0.2) is 5.16 Å². The van der Waals surface area contributed by atoms with Crippen molar-refractivity contribution in [1.82, 2.24) is 9.97 Å². The number of rotatable bonds is 4. The molecule has 0 aliphatic heterocycles. The number of aromatic amines is 1. The first-order valence-electron chi connectivity index (χ1n) is 7.12. The maximum Gasteiger partial charge on any atom is 0.313 e. The molecule has 0 saturated carbocycles. The molecule has 0 aliphatic carbocycles. The Morgan fingerprint density at radius 2 is 2.12 bits per heavy atom. The number of fused-ring (bicyclic) bond motifs is 2. The standard InChI is InChI=1S/C17H11ClN2O2S2/c18-12-6-14-13(19-17(20-14)24-8-16(21)22)5-10(12)11-7-23-15-4-2-1-3-9(11)15/h1-7H,8H2,(H,19,20)(H,21,22). The van der Waals surface area contributed by atoms with Crippen LogP contribution in [0.5, 0.6) is 0 Å². The van der Waals surface area contributed by atoms with Crippen LogP contribution in [0, 0.1) is 0 Å². The average molecular weight is 375 g/mol. The summed E-state index contributed by atoms with van der Waals surface area (Å²) in [6.45, 7) is 0. The molecule has 0 spiro atoms. The number of nitrogens with zero attached hydrogens (tertiary/aromatic N) is 1. The Morgan fingerprint density at radius 3 is 2.96 bits per heavy atom. The molecule has 2 N–H and O–H groups in total. The maximum absolute atomic E-state index is 10.7. The number of aliphatic carboxylic acids is 1. The number of benzene rings is 2. The Morgan fingerprint density at radius 1 is 1.29 bits per heavy atom. The molecular weight excluding hydrogens is 364 g/mol. The smallest absolute Gasteiger partial charge is 0.313 e. The lowest BCUT2D eigenvalue weighted by atomic mass is 10.0. The van der Waals surface area contributed by atoms with E-state index in [1.54, 1.807) is 11.3 Å². The molecule has 0 fully saturated rings. The van der Waals surface area contributed by atoms with E-state index >= 15 is 0 Å². The first-order chi connectivity index (χ1) is 11.6. The van der Waals surface area contributed by atoms with E-state index in [-0.39, 0.29) is 5.75 Å². The highest BCUT2D eigenvalue weighted by Gasteiger charge is 2.13. The summed E-state index contributed by atoms with van der Waals surface area (Å²) in [7, 11) is 0. The second-order valence-electron chi connectivity index (χ2n) is 5.22. The van der Waals surface area contributed by atoms with Crippen molar-refractivity contribution in [3.63, 3.8) is 0 Å². The summed E-state index contributed by atoms with van der Waals surface area (Å²) in [6, 6.07) is 12.0. The van der Waals surface area contributed by atoms with Crippen molar-refractivity contribution in [2.75, 3.05) is 5.75 Å². The lowest BCUT2D eigenvalue weighted by Gasteiger charge is -2.03. The number of aromatic nitrogens is 2. The van der Waals surface area contributed by atoms with E-state index < -0.39 is 5.97 Å². The van der Waals surface area contributed by atoms with Gasteiger partial charge in [0.1, 0.15) is 0 Å². The van der Waals surface area contributed by atoms with E-state index in [0.717, 1.165) is 33.9 Å². The zero-order valence-electron chi connectivity index (χ0n) is 12.2. The summed E-state index contributed by atoms with van der Waals surface area (Å²) in [5, 5.41) is 13.3. The van der Waals surface area contributed by atoms with Crippen molar-refractivity contribution in [2.24, 2.45) is 0 Å². The summed E-state index contributed by atoms with van der Waals surface area (Å²) in [6.07, 6.45) is 0. The highest BCUT2D eigenvalue weighted by atomic mass is 35.5. The lowest BCUT2D eigenvalue weighted by Crippen LogP contribution is -1.97. The van der Waals surface area contributed by atoms with Gasteiger partial charge in [-0.15, -0.1) is 11.3 Å². The Hall–Kier alpha value is -2.02. The molecule has 4 nitrogen and oxygen atoms in total. The first-order valence-corrected chi connectivity index (χ1v) is 9.36. The van der Waals surface area contributed by atoms with E-state index in [0.29, 0.717) is 10.2 Å². The van der Waals surface area contributed by atoms with Crippen molar-refractivity contribution < 1.29 is 9.90 Å². The number of thiophene rings is 1. The molecule has 2 aromatic heterocycles. The molecule has 4 aromatic rings. The molecule has 2 aromatic carbocycles. The van der Waals surface area contributed by atoms with E-state index in [1.165, 1.54) is 10.1 Å². The van der Waals surface area contributed by atoms with Crippen LogP contribution in [0.1, 0.15) is 0 Å². The number of carboxylic acids is 1. The summed E-state index contributed by atoms with van der Waals surface area (Å²) in [5.41, 5.74) is 3.60. The normalized spacial score (nSPS) is 11.4. The van der Waals surface area contributed by atoms with Crippen LogP contribution in [-0.2, 0) is 4.79 Å². The van der Waals surface area contributed by atoms with Crippen LogP contribution in [0.4, 0.5) is 0 Å². The van der Waals surface area contributed by atoms with Crippen LogP contribution in [0.2, 0.25) is 5.02 Å². The van der Waals surface area contributed by atoms with Crippen molar-refractivity contribution in [3.8, 4) is 11.1 Å². The van der Waals surface area contributed by atoms with Gasteiger partial charge in [0.2, 0.25) is 0 Å². The number of halogens is 1. The number of H-pyrrole nitrogens is 1. The quantitative estimate of drug-likeness (QED) is 0.477. The predicted molar refractivity (Wildman–Crippen MR) is 100 cm³/mol. The van der Waals surface area contributed by atoms with E-state index in [1.807, 2.05) is 24.3 Å². The number of thioether (sulfide) groups is 1. The number of imidazole rings is 1. The predicted octanol–water partition coefficient (Wildman–Crippen LogP) is 5.27. The minimum atomic E-state index is -0.871. The van der Waals surface area contributed by atoms with Crippen molar-refractivity contribution in [2.45, 2.75) is 5.16 Å². The Kier molecular flexibility index (Phi) is 3.96. The number of carboxylic acid groups (broad SMARTS) is 1. The molecule has 24 heavy (non-hydrogen) atoms. The Balaban J connectivity index is 1.81. The first kappa shape index (κ1) is 15.5. The molecule has 2 heterocycles. The molecule has 0 radical (unpaired) electrons. The van der Waals surface area contributed by atoms with Crippen LogP contribution < -0.4 is 0 Å². The number of hydrogen-bond acceptors (Lipinski definition) is 4. The summed E-state index contributed by atoms with van der Waals surface area (Å²) in [4.78, 5) is 18.3. The number of carbonyl (C=O) groups is 1. The Labute approximate surface area is 150 Å². The van der Waals surface area contributed by atoms with E-state index in [9.17, 15) is 4.79 Å². The lowest BCUT2D eigenvalue weighted by molar-refractivity contribution is -0.133. The number of nitrogens with one attached hydrogen (secondary N) is 1. The minimum absolute atomic E-state index is 0.0322. The van der Waals surface area contributed by atoms with Crippen molar-refractivity contribution in [3.05, 3.63) is 46.8 Å². The van der Waals surface area contributed by atoms with Crippen LogP contribution in [-0.4, -0.2) is 26.8 Å². The second-order valence-corrected chi connectivity index (χ2v) is 7.50. The van der Waals surface area contributed by atoms with Gasteiger partial charge >= 0.3 is 5.97 Å². The zero-order chi connectivity index (χ0) is 16.7. The van der Waals surface area contributed by atoms with Crippen LogP contribution in [0.15, 0.2) is 46.9 Å². The summed E-state index contributed by atoms with van der Waals surface area (Å²) in [5.74, 6) is -0.904. The molecule has 0 unspecified atom stereocenters. The van der Waals surface area contributed by atoms with E-state index in [2.05, 4.69) is 27.5 Å². The fourth-order valence-corrected chi connectivity index (χ4v) is 4.43. The average Bonchev–Trinajstić information content (AvgIpc) is 3.15. The topological polar surface area (TPSA) is 66.0 Å². The third-order valence-corrected chi connectivity index (χ3v) is 5.79. The summed E-state index contributed by atoms with van der Waals surface area (Å²) >= 11 is 9.33. The SMILES string of the molecule is O=C(O)CSc1nc2cc(-c3csc4ccccc34)c(Cl)cc2[nH]1. The molecule has 0 amide bonds. The molecule has 4 rings (SSSR count). The van der Waals surface area contributed by atoms with Gasteiger partial charge in [-0.3, -0.25) is 4.79 Å². The van der Waals surface area contributed by atoms with Gasteiger partial charge in [-0.2, -0.15) is 0 Å². The van der Waals surface area contributed by atoms with Gasteiger partial charge in [0, 0.05) is 21.2 Å². The molecule has 0 saturated heterocycles. The number of hydrogen-bond donors (Lipinski definition) is 2.